The van der Waals surface area contributed by atoms with E-state index in [2.05, 4.69) is 10.00 Å². The maximum Gasteiger partial charge on any atom is 0.274 e. The number of hydrogen-bond acceptors (Lipinski definition) is 3. The van der Waals surface area contributed by atoms with Gasteiger partial charge in [-0.05, 0) is 56.8 Å². The van der Waals surface area contributed by atoms with Crippen LogP contribution in [0.2, 0.25) is 0 Å². The number of para-hydroxylation sites is 1. The first-order valence-electron chi connectivity index (χ1n) is 10.8. The van der Waals surface area contributed by atoms with E-state index in [1.165, 1.54) is 38.6 Å². The van der Waals surface area contributed by atoms with Crippen LogP contribution in [0.15, 0.2) is 36.4 Å². The molecule has 5 heteroatoms. The van der Waals surface area contributed by atoms with Gasteiger partial charge in [0.25, 0.3) is 5.91 Å². The summed E-state index contributed by atoms with van der Waals surface area (Å²) in [6.45, 7) is 6.95. The number of rotatable bonds is 4. The number of nitrogens with zero attached hydrogens (tertiary/aromatic N) is 4. The molecule has 1 saturated carbocycles. The number of aromatic nitrogens is 2. The molecule has 0 spiro atoms. The van der Waals surface area contributed by atoms with E-state index < -0.39 is 0 Å². The van der Waals surface area contributed by atoms with E-state index >= 15 is 0 Å². The summed E-state index contributed by atoms with van der Waals surface area (Å²) in [5, 5.41) is 4.61. The van der Waals surface area contributed by atoms with Crippen LogP contribution in [-0.4, -0.2) is 58.2 Å². The molecule has 1 aliphatic heterocycles. The van der Waals surface area contributed by atoms with Gasteiger partial charge in [-0.15, -0.1) is 0 Å². The molecular weight excluding hydrogens is 348 g/mol. The number of benzene rings is 1. The first kappa shape index (κ1) is 19.2. The van der Waals surface area contributed by atoms with Crippen molar-refractivity contribution >= 4 is 5.91 Å². The third-order valence-electron chi connectivity index (χ3n) is 6.22. The van der Waals surface area contributed by atoms with Crippen LogP contribution in [0.3, 0.4) is 0 Å². The summed E-state index contributed by atoms with van der Waals surface area (Å²) in [6, 6.07) is 11.9. The molecule has 0 radical (unpaired) electrons. The summed E-state index contributed by atoms with van der Waals surface area (Å²) in [4.78, 5) is 17.7. The van der Waals surface area contributed by atoms with Gasteiger partial charge in [-0.1, -0.05) is 37.5 Å². The minimum absolute atomic E-state index is 0.0669. The molecule has 4 rings (SSSR count). The van der Waals surface area contributed by atoms with Crippen molar-refractivity contribution in [1.29, 1.82) is 0 Å². The van der Waals surface area contributed by atoms with E-state index in [4.69, 9.17) is 0 Å². The number of carbonyl (C=O) groups is 1. The van der Waals surface area contributed by atoms with Crippen LogP contribution >= 0.6 is 0 Å². The van der Waals surface area contributed by atoms with Crippen LogP contribution in [0.1, 0.15) is 54.7 Å². The van der Waals surface area contributed by atoms with Crippen molar-refractivity contribution < 1.29 is 4.79 Å². The Morgan fingerprint density at radius 1 is 1.00 bits per heavy atom. The first-order valence-corrected chi connectivity index (χ1v) is 10.8. The van der Waals surface area contributed by atoms with Crippen molar-refractivity contribution in [3.8, 4) is 5.69 Å². The van der Waals surface area contributed by atoms with Crippen LogP contribution in [0.4, 0.5) is 0 Å². The zero-order chi connectivity index (χ0) is 19.3. The predicted octanol–water partition coefficient (Wildman–Crippen LogP) is 3.91. The minimum Gasteiger partial charge on any atom is -0.336 e. The molecule has 1 aliphatic carbocycles. The Morgan fingerprint density at radius 3 is 2.57 bits per heavy atom. The number of amides is 1. The topological polar surface area (TPSA) is 41.4 Å². The highest BCUT2D eigenvalue weighted by atomic mass is 16.2. The summed E-state index contributed by atoms with van der Waals surface area (Å²) in [6.07, 6.45) is 8.02. The van der Waals surface area contributed by atoms with Crippen molar-refractivity contribution in [2.45, 2.75) is 45.4 Å². The lowest BCUT2D eigenvalue weighted by molar-refractivity contribution is 0.0753. The van der Waals surface area contributed by atoms with Gasteiger partial charge < -0.3 is 9.80 Å². The average Bonchev–Trinajstić information content (AvgIpc) is 2.97. The third-order valence-corrected chi connectivity index (χ3v) is 6.22. The lowest BCUT2D eigenvalue weighted by Crippen LogP contribution is -2.37. The van der Waals surface area contributed by atoms with E-state index in [-0.39, 0.29) is 5.91 Å². The van der Waals surface area contributed by atoms with Gasteiger partial charge in [0.05, 0.1) is 5.69 Å². The lowest BCUT2D eigenvalue weighted by Gasteiger charge is -2.28. The standard InChI is InChI=1S/C23H32N4O/c1-19-17-22(24-27(19)21-11-6-3-7-12-21)23(28)26-14-8-13-25(15-16-26)18-20-9-4-2-5-10-20/h3,6-7,11-12,17,20H,2,4-5,8-10,13-16,18H2,1H3. The van der Waals surface area contributed by atoms with Gasteiger partial charge in [-0.3, -0.25) is 4.79 Å². The van der Waals surface area contributed by atoms with E-state index in [0.717, 1.165) is 49.9 Å². The van der Waals surface area contributed by atoms with E-state index in [9.17, 15) is 4.79 Å². The van der Waals surface area contributed by atoms with Gasteiger partial charge in [-0.2, -0.15) is 5.10 Å². The summed E-state index contributed by atoms with van der Waals surface area (Å²) in [7, 11) is 0. The maximum absolute atomic E-state index is 13.1. The molecule has 1 saturated heterocycles. The van der Waals surface area contributed by atoms with Gasteiger partial charge in [-0.25, -0.2) is 4.68 Å². The molecule has 150 valence electrons. The molecule has 2 heterocycles. The Bertz CT molecular complexity index is 779. The third kappa shape index (κ3) is 4.46. The van der Waals surface area contributed by atoms with E-state index in [0.29, 0.717) is 5.69 Å². The van der Waals surface area contributed by atoms with Crippen LogP contribution in [0.5, 0.6) is 0 Å². The fourth-order valence-corrected chi connectivity index (χ4v) is 4.66. The molecule has 1 aromatic heterocycles. The molecule has 0 N–H and O–H groups in total. The quantitative estimate of drug-likeness (QED) is 0.808. The Morgan fingerprint density at radius 2 is 1.79 bits per heavy atom. The highest BCUT2D eigenvalue weighted by molar-refractivity contribution is 5.92. The van der Waals surface area contributed by atoms with Crippen molar-refractivity contribution in [3.05, 3.63) is 47.8 Å². The summed E-state index contributed by atoms with van der Waals surface area (Å²) in [5.41, 5.74) is 2.54. The van der Waals surface area contributed by atoms with Crippen LogP contribution in [0, 0.1) is 12.8 Å². The molecule has 28 heavy (non-hydrogen) atoms. The van der Waals surface area contributed by atoms with Gasteiger partial charge in [0, 0.05) is 31.9 Å². The first-order chi connectivity index (χ1) is 13.7. The molecule has 1 aromatic carbocycles. The highest BCUT2D eigenvalue weighted by Gasteiger charge is 2.24. The number of hydrogen-bond donors (Lipinski definition) is 0. The van der Waals surface area contributed by atoms with Gasteiger partial charge in [0.15, 0.2) is 5.69 Å². The van der Waals surface area contributed by atoms with Crippen LogP contribution in [-0.2, 0) is 0 Å². The molecule has 2 fully saturated rings. The van der Waals surface area contributed by atoms with Crippen molar-refractivity contribution in [3.63, 3.8) is 0 Å². The highest BCUT2D eigenvalue weighted by Crippen LogP contribution is 2.25. The molecular formula is C23H32N4O. The second-order valence-electron chi connectivity index (χ2n) is 8.37. The largest absolute Gasteiger partial charge is 0.336 e. The Hall–Kier alpha value is -2.14. The fourth-order valence-electron chi connectivity index (χ4n) is 4.66. The van der Waals surface area contributed by atoms with Crippen molar-refractivity contribution in [1.82, 2.24) is 19.6 Å². The Labute approximate surface area is 168 Å². The molecule has 0 bridgehead atoms. The van der Waals surface area contributed by atoms with Gasteiger partial charge >= 0.3 is 0 Å². The van der Waals surface area contributed by atoms with Crippen LogP contribution in [0.25, 0.3) is 5.69 Å². The van der Waals surface area contributed by atoms with Crippen molar-refractivity contribution in [2.75, 3.05) is 32.7 Å². The smallest absolute Gasteiger partial charge is 0.274 e. The normalized spacial score (nSPS) is 19.5. The van der Waals surface area contributed by atoms with E-state index in [1.54, 1.807) is 0 Å². The lowest BCUT2D eigenvalue weighted by atomic mass is 9.89. The molecule has 5 nitrogen and oxygen atoms in total. The second-order valence-corrected chi connectivity index (χ2v) is 8.37. The molecule has 2 aliphatic rings. The number of aryl methyl sites for hydroxylation is 1. The van der Waals surface area contributed by atoms with E-state index in [1.807, 2.05) is 52.9 Å². The summed E-state index contributed by atoms with van der Waals surface area (Å²) in [5.74, 6) is 0.928. The molecule has 0 unspecified atom stereocenters. The minimum atomic E-state index is 0.0669. The van der Waals surface area contributed by atoms with Crippen LogP contribution < -0.4 is 0 Å². The zero-order valence-electron chi connectivity index (χ0n) is 17.0. The molecule has 2 aromatic rings. The molecule has 0 atom stereocenters. The fraction of sp³-hybridized carbons (Fsp3) is 0.565. The molecule has 1 amide bonds. The van der Waals surface area contributed by atoms with Gasteiger partial charge in [0.2, 0.25) is 0 Å². The summed E-state index contributed by atoms with van der Waals surface area (Å²) < 4.78 is 1.86. The summed E-state index contributed by atoms with van der Waals surface area (Å²) >= 11 is 0. The number of carbonyl (C=O) groups excluding carboxylic acids is 1. The van der Waals surface area contributed by atoms with Gasteiger partial charge in [0.1, 0.15) is 0 Å². The average molecular weight is 381 g/mol. The Balaban J connectivity index is 1.38. The second kappa shape index (κ2) is 8.91. The Kier molecular flexibility index (Phi) is 6.10. The van der Waals surface area contributed by atoms with Crippen molar-refractivity contribution in [2.24, 2.45) is 5.92 Å². The maximum atomic E-state index is 13.1. The zero-order valence-corrected chi connectivity index (χ0v) is 17.0. The SMILES string of the molecule is Cc1cc(C(=O)N2CCCN(CC3CCCCC3)CC2)nn1-c1ccccc1. The monoisotopic (exact) mass is 380 g/mol. The predicted molar refractivity (Wildman–Crippen MR) is 112 cm³/mol.